The number of ether oxygens (including phenoxy) is 2. The molecule has 0 saturated heterocycles. The minimum absolute atomic E-state index is 0.176. The Balaban J connectivity index is 2.14. The van der Waals surface area contributed by atoms with Crippen LogP contribution in [0, 0.1) is 0 Å². The lowest BCUT2D eigenvalue weighted by molar-refractivity contribution is 0.0522. The van der Waals surface area contributed by atoms with Crippen LogP contribution < -0.4 is 25.4 Å². The number of carbonyl (C=O) groups excluding carboxylic acids is 2. The van der Waals surface area contributed by atoms with Crippen molar-refractivity contribution < 1.29 is 23.5 Å². The number of anilines is 1. The van der Waals surface area contributed by atoms with E-state index in [1.807, 2.05) is 84.0 Å². The van der Waals surface area contributed by atoms with E-state index in [-0.39, 0.29) is 11.6 Å². The van der Waals surface area contributed by atoms with Gasteiger partial charge in [-0.15, -0.1) is 0 Å². The Kier molecular flexibility index (Phi) is 9.59. The number of alkyl carbamates (subject to hydrolysis) is 1. The number of nitrogens with one attached hydrogen (secondary N) is 2. The van der Waals surface area contributed by atoms with Gasteiger partial charge in [-0.2, -0.15) is 0 Å². The Morgan fingerprint density at radius 1 is 0.683 bits per heavy atom. The summed E-state index contributed by atoms with van der Waals surface area (Å²) in [6.07, 6.45) is -1.08. The first-order valence-corrected chi connectivity index (χ1v) is 15.8. The van der Waals surface area contributed by atoms with Gasteiger partial charge < -0.3 is 19.2 Å². The summed E-state index contributed by atoms with van der Waals surface area (Å²) >= 11 is 0. The molecule has 0 fully saturated rings. The van der Waals surface area contributed by atoms with Gasteiger partial charge in [-0.25, -0.2) is 9.59 Å². The predicted octanol–water partition coefficient (Wildman–Crippen LogP) is 7.00. The van der Waals surface area contributed by atoms with E-state index in [9.17, 15) is 9.59 Å². The number of hydrogen-bond acceptors (Lipinski definition) is 5. The highest BCUT2D eigenvalue weighted by Crippen LogP contribution is 2.39. The van der Waals surface area contributed by atoms with E-state index in [2.05, 4.69) is 55.7 Å². The van der Waals surface area contributed by atoms with Crippen LogP contribution in [-0.2, 0) is 16.0 Å². The van der Waals surface area contributed by atoms with Gasteiger partial charge in [0.1, 0.15) is 17.0 Å². The molecule has 0 aromatic heterocycles. The van der Waals surface area contributed by atoms with Gasteiger partial charge in [0.05, 0.1) is 0 Å². The molecule has 0 radical (unpaired) electrons. The average Bonchev–Trinajstić information content (AvgIpc) is 2.85. The van der Waals surface area contributed by atoms with Gasteiger partial charge in [-0.1, -0.05) is 87.5 Å². The maximum atomic E-state index is 12.6. The van der Waals surface area contributed by atoms with Crippen LogP contribution in [0.15, 0.2) is 78.9 Å². The summed E-state index contributed by atoms with van der Waals surface area (Å²) < 4.78 is 18.2. The van der Waals surface area contributed by atoms with Crippen LogP contribution in [-0.4, -0.2) is 31.7 Å². The first kappa shape index (κ1) is 31.7. The third kappa shape index (κ3) is 8.60. The SMILES string of the molecule is CC(C)(C)OC(=O)NCc1ccc(NC(=O)OC(C)(C)C)cc1O[Si](c1ccccc1)(c1ccccc1)C(C)(C)C. The van der Waals surface area contributed by atoms with Crippen molar-refractivity contribution in [3.05, 3.63) is 84.4 Å². The van der Waals surface area contributed by atoms with Crippen molar-refractivity contribution in [3.63, 3.8) is 0 Å². The van der Waals surface area contributed by atoms with E-state index >= 15 is 0 Å². The van der Waals surface area contributed by atoms with E-state index < -0.39 is 31.7 Å². The third-order valence-corrected chi connectivity index (χ3v) is 11.1. The second-order valence-electron chi connectivity index (χ2n) is 13.1. The highest BCUT2D eigenvalue weighted by atomic mass is 28.4. The van der Waals surface area contributed by atoms with E-state index in [1.165, 1.54) is 0 Å². The molecule has 2 amide bonds. The van der Waals surface area contributed by atoms with Crippen LogP contribution in [0.5, 0.6) is 5.75 Å². The maximum absolute atomic E-state index is 12.6. The fraction of sp³-hybridized carbons (Fsp3) is 0.394. The molecule has 3 rings (SSSR count). The van der Waals surface area contributed by atoms with Crippen LogP contribution in [0.4, 0.5) is 15.3 Å². The zero-order valence-corrected chi connectivity index (χ0v) is 26.8. The number of rotatable bonds is 7. The van der Waals surface area contributed by atoms with Gasteiger partial charge in [0, 0.05) is 23.9 Å². The fourth-order valence-corrected chi connectivity index (χ4v) is 9.04. The standard InChI is InChI=1S/C33H44N2O5Si/c1-31(2,3)38-29(36)34-23-24-20-21-25(35-30(37)39-32(4,5)6)22-28(24)40-41(33(7,8)9,26-16-12-10-13-17-26)27-18-14-11-15-19-27/h10-22H,23H2,1-9H3,(H,34,36)(H,35,37). The zero-order valence-electron chi connectivity index (χ0n) is 25.8. The Morgan fingerprint density at radius 3 is 1.63 bits per heavy atom. The molecule has 0 aliphatic rings. The van der Waals surface area contributed by atoms with Crippen molar-refractivity contribution in [1.82, 2.24) is 5.32 Å². The van der Waals surface area contributed by atoms with Crippen molar-refractivity contribution in [2.75, 3.05) is 5.32 Å². The van der Waals surface area contributed by atoms with Crippen molar-refractivity contribution in [2.45, 2.75) is 85.1 Å². The Morgan fingerprint density at radius 2 is 1.17 bits per heavy atom. The van der Waals surface area contributed by atoms with Gasteiger partial charge >= 0.3 is 20.5 Å². The smallest absolute Gasteiger partial charge is 0.412 e. The van der Waals surface area contributed by atoms with Crippen molar-refractivity contribution >= 4 is 36.6 Å². The fourth-order valence-electron chi connectivity index (χ4n) is 4.59. The second kappa shape index (κ2) is 12.4. The minimum Gasteiger partial charge on any atom is -0.534 e. The van der Waals surface area contributed by atoms with Crippen LogP contribution in [0.1, 0.15) is 67.9 Å². The van der Waals surface area contributed by atoms with Gasteiger partial charge in [0.15, 0.2) is 0 Å². The molecule has 7 nitrogen and oxygen atoms in total. The molecule has 0 saturated carbocycles. The van der Waals surface area contributed by atoms with E-state index in [0.29, 0.717) is 11.4 Å². The highest BCUT2D eigenvalue weighted by molar-refractivity contribution is 7.00. The summed E-state index contributed by atoms with van der Waals surface area (Å²) in [4.78, 5) is 25.2. The summed E-state index contributed by atoms with van der Waals surface area (Å²) in [5.74, 6) is 0.559. The molecule has 41 heavy (non-hydrogen) atoms. The number of carbonyl (C=O) groups is 2. The van der Waals surface area contributed by atoms with Crippen molar-refractivity contribution in [2.24, 2.45) is 0 Å². The number of hydrogen-bond donors (Lipinski definition) is 2. The molecule has 0 bridgehead atoms. The van der Waals surface area contributed by atoms with E-state index in [4.69, 9.17) is 13.9 Å². The summed E-state index contributed by atoms with van der Waals surface area (Å²) in [6.45, 7) is 17.7. The molecule has 0 unspecified atom stereocenters. The quantitative estimate of drug-likeness (QED) is 0.296. The number of benzene rings is 3. The first-order chi connectivity index (χ1) is 19.0. The lowest BCUT2D eigenvalue weighted by Gasteiger charge is -2.43. The zero-order chi connectivity index (χ0) is 30.5. The molecule has 0 heterocycles. The molecule has 3 aromatic rings. The van der Waals surface area contributed by atoms with Crippen molar-refractivity contribution in [3.8, 4) is 5.75 Å². The van der Waals surface area contributed by atoms with Crippen LogP contribution in [0.3, 0.4) is 0 Å². The van der Waals surface area contributed by atoms with E-state index in [0.717, 1.165) is 15.9 Å². The van der Waals surface area contributed by atoms with Gasteiger partial charge in [0.2, 0.25) is 0 Å². The molecule has 0 atom stereocenters. The number of amides is 2. The second-order valence-corrected chi connectivity index (χ2v) is 17.3. The topological polar surface area (TPSA) is 85.9 Å². The summed E-state index contributed by atoms with van der Waals surface area (Å²) in [5, 5.41) is 7.60. The van der Waals surface area contributed by atoms with Crippen LogP contribution in [0.25, 0.3) is 0 Å². The Hall–Kier alpha value is -3.78. The molecule has 0 aliphatic carbocycles. The Bertz CT molecular complexity index is 1280. The maximum Gasteiger partial charge on any atom is 0.412 e. The summed E-state index contributed by atoms with van der Waals surface area (Å²) in [6, 6.07) is 26.0. The molecular formula is C33H44N2O5Si. The first-order valence-electron chi connectivity index (χ1n) is 13.9. The molecule has 2 N–H and O–H groups in total. The summed E-state index contributed by atoms with van der Waals surface area (Å²) in [7, 11) is -3.00. The van der Waals surface area contributed by atoms with Crippen LogP contribution in [0.2, 0.25) is 5.04 Å². The average molecular weight is 577 g/mol. The molecular weight excluding hydrogens is 532 g/mol. The van der Waals surface area contributed by atoms with Gasteiger partial charge in [0.25, 0.3) is 0 Å². The van der Waals surface area contributed by atoms with Gasteiger partial charge in [-0.05, 0) is 63.0 Å². The lowest BCUT2D eigenvalue weighted by atomic mass is 10.1. The predicted molar refractivity (Wildman–Crippen MR) is 168 cm³/mol. The monoisotopic (exact) mass is 576 g/mol. The lowest BCUT2D eigenvalue weighted by Crippen LogP contribution is -2.69. The molecule has 3 aromatic carbocycles. The molecule has 0 spiro atoms. The van der Waals surface area contributed by atoms with Crippen LogP contribution >= 0.6 is 0 Å². The van der Waals surface area contributed by atoms with Crippen molar-refractivity contribution in [1.29, 1.82) is 0 Å². The minimum atomic E-state index is -3.00. The Labute approximate surface area is 245 Å². The largest absolute Gasteiger partial charge is 0.534 e. The third-order valence-electron chi connectivity index (χ3n) is 6.21. The normalized spacial score (nSPS) is 12.3. The van der Waals surface area contributed by atoms with E-state index in [1.54, 1.807) is 12.1 Å². The molecule has 220 valence electrons. The molecule has 8 heteroatoms. The van der Waals surface area contributed by atoms with Gasteiger partial charge in [-0.3, -0.25) is 5.32 Å². The molecule has 0 aliphatic heterocycles. The highest BCUT2D eigenvalue weighted by Gasteiger charge is 2.52. The summed E-state index contributed by atoms with van der Waals surface area (Å²) in [5.41, 5.74) is 0.00146.